The number of ether oxygens (including phenoxy) is 1. The van der Waals surface area contributed by atoms with Gasteiger partial charge in [-0.1, -0.05) is 59.7 Å². The number of fused-ring (bicyclic) bond motifs is 1. The lowest BCUT2D eigenvalue weighted by molar-refractivity contribution is -0.137. The molecule has 2 aliphatic heterocycles. The van der Waals surface area contributed by atoms with Crippen molar-refractivity contribution in [3.63, 3.8) is 0 Å². The maximum absolute atomic E-state index is 13.5. The molecule has 0 amide bonds. The number of hydrogen-bond acceptors (Lipinski definition) is 9. The molecule has 0 bridgehead atoms. The van der Waals surface area contributed by atoms with Crippen molar-refractivity contribution in [3.05, 3.63) is 89.1 Å². The van der Waals surface area contributed by atoms with Crippen LogP contribution in [0.3, 0.4) is 0 Å². The van der Waals surface area contributed by atoms with E-state index in [0.717, 1.165) is 29.0 Å². The number of benzene rings is 2. The summed E-state index contributed by atoms with van der Waals surface area (Å²) in [5.74, 6) is -0.121. The number of Topliss-reactive ketones (excluding diaryl/α,β-unsaturated/α-hetero) is 1. The summed E-state index contributed by atoms with van der Waals surface area (Å²) >= 11 is 0. The number of anilines is 2. The normalized spacial score (nSPS) is 17.7. The largest absolute Gasteiger partial charge is 0.417 e. The van der Waals surface area contributed by atoms with E-state index in [1.54, 1.807) is 4.90 Å². The van der Waals surface area contributed by atoms with Crippen molar-refractivity contribution in [2.24, 2.45) is 4.99 Å². The van der Waals surface area contributed by atoms with Crippen LogP contribution in [0.1, 0.15) is 22.3 Å². The molecule has 0 radical (unpaired) electrons. The van der Waals surface area contributed by atoms with Crippen molar-refractivity contribution in [2.75, 3.05) is 36.5 Å². The minimum atomic E-state index is -4.61. The highest BCUT2D eigenvalue weighted by atomic mass is 19.4. The molecule has 9 nitrogen and oxygen atoms in total. The molecule has 4 heterocycles. The fourth-order valence-corrected chi connectivity index (χ4v) is 4.70. The van der Waals surface area contributed by atoms with Crippen molar-refractivity contribution in [2.45, 2.75) is 18.8 Å². The zero-order valence-electron chi connectivity index (χ0n) is 21.1. The van der Waals surface area contributed by atoms with Gasteiger partial charge in [-0.2, -0.15) is 13.2 Å². The Morgan fingerprint density at radius 1 is 0.950 bits per heavy atom. The van der Waals surface area contributed by atoms with Gasteiger partial charge < -0.3 is 19.4 Å². The highest BCUT2D eigenvalue weighted by molar-refractivity contribution is 6.16. The lowest BCUT2D eigenvalue weighted by Crippen LogP contribution is -2.37. The molecule has 1 unspecified atom stereocenters. The number of morpholine rings is 1. The maximum atomic E-state index is 13.5. The molecule has 204 valence electrons. The molecule has 1 fully saturated rings. The van der Waals surface area contributed by atoms with Crippen molar-refractivity contribution in [3.8, 4) is 11.5 Å². The molecule has 0 aliphatic carbocycles. The second-order valence-electron chi connectivity index (χ2n) is 9.30. The van der Waals surface area contributed by atoms with Crippen LogP contribution in [-0.4, -0.2) is 59.1 Å². The van der Waals surface area contributed by atoms with Crippen molar-refractivity contribution >= 4 is 23.3 Å². The third-order valence-corrected chi connectivity index (χ3v) is 6.67. The van der Waals surface area contributed by atoms with E-state index in [-0.39, 0.29) is 35.5 Å². The molecule has 6 rings (SSSR count). The molecule has 0 spiro atoms. The van der Waals surface area contributed by atoms with Crippen LogP contribution in [0, 0.1) is 0 Å². The summed E-state index contributed by atoms with van der Waals surface area (Å²) in [5, 5.41) is 10.9. The smallest absolute Gasteiger partial charge is 0.403 e. The number of hydrogen-bond donors (Lipinski definition) is 1. The molecule has 12 heteroatoms. The summed E-state index contributed by atoms with van der Waals surface area (Å²) in [4.78, 5) is 23.9. The summed E-state index contributed by atoms with van der Waals surface area (Å²) in [7, 11) is 0. The number of aliphatic imine (C=N–C) groups is 1. The molecule has 40 heavy (non-hydrogen) atoms. The predicted molar refractivity (Wildman–Crippen MR) is 140 cm³/mol. The minimum Gasteiger partial charge on any atom is -0.403 e. The topological polar surface area (TPSA) is 106 Å². The number of rotatable bonds is 5. The van der Waals surface area contributed by atoms with E-state index in [2.05, 4.69) is 20.5 Å². The average Bonchev–Trinajstić information content (AvgIpc) is 3.39. The number of halogens is 3. The van der Waals surface area contributed by atoms with Gasteiger partial charge in [0.15, 0.2) is 11.9 Å². The van der Waals surface area contributed by atoms with Crippen molar-refractivity contribution < 1.29 is 27.1 Å². The number of carbonyl (C=O) groups is 1. The zero-order chi connectivity index (χ0) is 27.7. The lowest BCUT2D eigenvalue weighted by Gasteiger charge is -2.29. The Balaban J connectivity index is 1.35. The second-order valence-corrected chi connectivity index (χ2v) is 9.30. The first-order valence-electron chi connectivity index (χ1n) is 12.6. The number of nitrogens with zero attached hydrogens (tertiary/aromatic N) is 5. The van der Waals surface area contributed by atoms with E-state index in [1.807, 2.05) is 54.6 Å². The van der Waals surface area contributed by atoms with E-state index < -0.39 is 17.9 Å². The zero-order valence-corrected chi connectivity index (χ0v) is 21.1. The average molecular weight is 549 g/mol. The Hall–Kier alpha value is -4.58. The third-order valence-electron chi connectivity index (χ3n) is 6.67. The van der Waals surface area contributed by atoms with Gasteiger partial charge in [0.05, 0.1) is 30.1 Å². The summed E-state index contributed by atoms with van der Waals surface area (Å²) in [6, 6.07) is 17.8. The van der Waals surface area contributed by atoms with Crippen LogP contribution >= 0.6 is 0 Å². The molecule has 1 saturated heterocycles. The van der Waals surface area contributed by atoms with Gasteiger partial charge in [0.2, 0.25) is 0 Å². The maximum Gasteiger partial charge on any atom is 0.417 e. The van der Waals surface area contributed by atoms with Crippen molar-refractivity contribution in [1.29, 1.82) is 0 Å². The molecule has 2 aliphatic rings. The van der Waals surface area contributed by atoms with E-state index in [9.17, 15) is 18.0 Å². The lowest BCUT2D eigenvalue weighted by atomic mass is 9.96. The van der Waals surface area contributed by atoms with Gasteiger partial charge in [0.25, 0.3) is 5.89 Å². The van der Waals surface area contributed by atoms with Gasteiger partial charge in [0.1, 0.15) is 5.82 Å². The quantitative estimate of drug-likeness (QED) is 0.392. The standard InChI is InChI=1S/C28H23F3N6O3/c29-28(30,31)19-15-21(25(32-16-19)37-10-12-39-13-11-37)26-35-36-27(40-26)34-24-22(38)14-18-8-4-5-9-20(18)23(33-24)17-6-2-1-3-7-17/h1-9,15-16,24H,10-14H2,(H,34,36). The monoisotopic (exact) mass is 548 g/mol. The van der Waals surface area contributed by atoms with Gasteiger partial charge in [-0.3, -0.25) is 9.79 Å². The van der Waals surface area contributed by atoms with E-state index >= 15 is 0 Å². The van der Waals surface area contributed by atoms with Crippen LogP contribution in [0.4, 0.5) is 25.0 Å². The number of pyridine rings is 1. The fraction of sp³-hybridized carbons (Fsp3) is 0.250. The number of alkyl halides is 3. The molecule has 1 N–H and O–H groups in total. The third kappa shape index (κ3) is 5.17. The molecule has 2 aromatic heterocycles. The first-order chi connectivity index (χ1) is 19.4. The predicted octanol–water partition coefficient (Wildman–Crippen LogP) is 4.39. The SMILES string of the molecule is O=C1Cc2ccccc2C(c2ccccc2)=NC1Nc1nnc(-c2cc(C(F)(F)F)cnc2N2CCOCC2)o1. The van der Waals surface area contributed by atoms with Gasteiger partial charge in [-0.15, -0.1) is 5.10 Å². The molecule has 4 aromatic rings. The van der Waals surface area contributed by atoms with E-state index in [4.69, 9.17) is 14.1 Å². The molecule has 2 aromatic carbocycles. The molecular formula is C28H23F3N6O3. The van der Waals surface area contributed by atoms with E-state index in [0.29, 0.717) is 32.0 Å². The Morgan fingerprint density at radius 3 is 2.48 bits per heavy atom. The Labute approximate surface area is 226 Å². The van der Waals surface area contributed by atoms with Crippen molar-refractivity contribution in [1.82, 2.24) is 15.2 Å². The van der Waals surface area contributed by atoms with E-state index in [1.165, 1.54) is 0 Å². The summed E-state index contributed by atoms with van der Waals surface area (Å²) < 4.78 is 51.7. The van der Waals surface area contributed by atoms with Crippen LogP contribution < -0.4 is 10.2 Å². The molecule has 0 saturated carbocycles. The van der Waals surface area contributed by atoms with Crippen LogP contribution in [0.25, 0.3) is 11.5 Å². The van der Waals surface area contributed by atoms with Gasteiger partial charge in [-0.05, 0) is 11.6 Å². The molecular weight excluding hydrogens is 525 g/mol. The summed E-state index contributed by atoms with van der Waals surface area (Å²) in [6.07, 6.45) is -4.77. The van der Waals surface area contributed by atoms with Crippen LogP contribution in [0.15, 0.2) is 76.3 Å². The van der Waals surface area contributed by atoms with Crippen LogP contribution in [-0.2, 0) is 22.1 Å². The van der Waals surface area contributed by atoms with Gasteiger partial charge in [-0.25, -0.2) is 4.98 Å². The Bertz CT molecular complexity index is 1570. The summed E-state index contributed by atoms with van der Waals surface area (Å²) in [6.45, 7) is 1.71. The Kier molecular flexibility index (Phi) is 6.76. The first kappa shape index (κ1) is 25.7. The Morgan fingerprint density at radius 2 is 1.70 bits per heavy atom. The second kappa shape index (κ2) is 10.5. The highest BCUT2D eigenvalue weighted by Gasteiger charge is 2.34. The molecule has 1 atom stereocenters. The number of nitrogens with one attached hydrogen (secondary N) is 1. The van der Waals surface area contributed by atoms with Gasteiger partial charge >= 0.3 is 12.2 Å². The van der Waals surface area contributed by atoms with Crippen LogP contribution in [0.5, 0.6) is 0 Å². The number of carbonyl (C=O) groups excluding carboxylic acids is 1. The highest BCUT2D eigenvalue weighted by Crippen LogP contribution is 2.36. The summed E-state index contributed by atoms with van der Waals surface area (Å²) in [5.41, 5.74) is 2.20. The van der Waals surface area contributed by atoms with Gasteiger partial charge in [0, 0.05) is 36.8 Å². The number of aromatic nitrogens is 3. The first-order valence-corrected chi connectivity index (χ1v) is 12.6. The number of ketones is 1. The fourth-order valence-electron chi connectivity index (χ4n) is 4.70. The minimum absolute atomic E-state index is 0.0327. The van der Waals surface area contributed by atoms with Crippen LogP contribution in [0.2, 0.25) is 0 Å².